The number of hydrogen-bond donors (Lipinski definition) is 1. The van der Waals surface area contributed by atoms with Gasteiger partial charge in [-0.2, -0.15) is 0 Å². The molecule has 0 aliphatic heterocycles. The Labute approximate surface area is 137 Å². The van der Waals surface area contributed by atoms with E-state index in [2.05, 4.69) is 5.32 Å². The third-order valence-corrected chi connectivity index (χ3v) is 3.62. The van der Waals surface area contributed by atoms with Gasteiger partial charge in [-0.1, -0.05) is 11.6 Å². The van der Waals surface area contributed by atoms with E-state index in [1.54, 1.807) is 20.8 Å². The van der Waals surface area contributed by atoms with Crippen molar-refractivity contribution in [1.29, 1.82) is 0 Å². The van der Waals surface area contributed by atoms with Crippen LogP contribution < -0.4 is 5.32 Å². The lowest BCUT2D eigenvalue weighted by Crippen LogP contribution is -2.21. The van der Waals surface area contributed by atoms with Gasteiger partial charge in [0.05, 0.1) is 10.7 Å². The molecule has 1 N–H and O–H groups in total. The average molecular weight is 340 g/mol. The molecule has 0 saturated carbocycles. The van der Waals surface area contributed by atoms with Crippen molar-refractivity contribution in [3.8, 4) is 0 Å². The summed E-state index contributed by atoms with van der Waals surface area (Å²) in [6.07, 6.45) is 0. The molecule has 1 heterocycles. The highest BCUT2D eigenvalue weighted by Crippen LogP contribution is 2.23. The van der Waals surface area contributed by atoms with Crippen molar-refractivity contribution in [3.63, 3.8) is 0 Å². The highest BCUT2D eigenvalue weighted by Gasteiger charge is 2.20. The number of amides is 1. The van der Waals surface area contributed by atoms with Crippen LogP contribution in [0.5, 0.6) is 0 Å². The number of nitrogens with one attached hydrogen (secondary N) is 1. The number of esters is 1. The number of rotatable bonds is 4. The Balaban J connectivity index is 1.97. The number of halogens is 2. The van der Waals surface area contributed by atoms with Crippen LogP contribution in [-0.4, -0.2) is 18.5 Å². The van der Waals surface area contributed by atoms with Crippen LogP contribution in [0.15, 0.2) is 22.6 Å². The lowest BCUT2D eigenvalue weighted by molar-refractivity contribution is -0.119. The van der Waals surface area contributed by atoms with Gasteiger partial charge in [-0.15, -0.1) is 0 Å². The molecule has 5 nitrogen and oxygen atoms in total. The summed E-state index contributed by atoms with van der Waals surface area (Å²) >= 11 is 5.80. The Kier molecular flexibility index (Phi) is 5.05. The fourth-order valence-electron chi connectivity index (χ4n) is 2.07. The van der Waals surface area contributed by atoms with Gasteiger partial charge >= 0.3 is 5.97 Å². The van der Waals surface area contributed by atoms with Crippen LogP contribution in [0, 0.1) is 26.6 Å². The molecule has 122 valence electrons. The van der Waals surface area contributed by atoms with Crippen LogP contribution >= 0.6 is 11.6 Å². The number of benzene rings is 1. The molecule has 0 radical (unpaired) electrons. The highest BCUT2D eigenvalue weighted by molar-refractivity contribution is 6.33. The number of furan rings is 1. The first-order chi connectivity index (χ1) is 10.8. The molecule has 1 aromatic heterocycles. The van der Waals surface area contributed by atoms with E-state index >= 15 is 0 Å². The van der Waals surface area contributed by atoms with Crippen LogP contribution in [0.25, 0.3) is 0 Å². The number of carbonyl (C=O) groups is 2. The summed E-state index contributed by atoms with van der Waals surface area (Å²) in [7, 11) is 0. The molecule has 2 rings (SSSR count). The van der Waals surface area contributed by atoms with Crippen LogP contribution in [-0.2, 0) is 9.53 Å². The standard InChI is InChI=1S/C16H15ClFNO4/c1-8-9(2)23-10(3)15(8)16(21)22-7-14(20)19-13-5-4-11(18)6-12(13)17/h4-6H,7H2,1-3H3,(H,19,20). The first-order valence-electron chi connectivity index (χ1n) is 6.78. The van der Waals surface area contributed by atoms with Gasteiger partial charge in [0.25, 0.3) is 5.91 Å². The molecular formula is C16H15ClFNO4. The Morgan fingerprint density at radius 1 is 1.26 bits per heavy atom. The Bertz CT molecular complexity index is 770. The van der Waals surface area contributed by atoms with Gasteiger partial charge in [-0.25, -0.2) is 9.18 Å². The predicted octanol–water partition coefficient (Wildman–Crippen LogP) is 3.79. The van der Waals surface area contributed by atoms with Gasteiger partial charge in [0.2, 0.25) is 0 Å². The van der Waals surface area contributed by atoms with Crippen LogP contribution in [0.2, 0.25) is 5.02 Å². The molecular weight excluding hydrogens is 325 g/mol. The molecule has 0 saturated heterocycles. The second kappa shape index (κ2) is 6.83. The Morgan fingerprint density at radius 2 is 1.96 bits per heavy atom. The van der Waals surface area contributed by atoms with E-state index in [9.17, 15) is 14.0 Å². The molecule has 0 spiro atoms. The van der Waals surface area contributed by atoms with E-state index in [0.717, 1.165) is 12.1 Å². The van der Waals surface area contributed by atoms with E-state index in [1.165, 1.54) is 6.07 Å². The summed E-state index contributed by atoms with van der Waals surface area (Å²) in [4.78, 5) is 23.8. The minimum atomic E-state index is -0.641. The van der Waals surface area contributed by atoms with Crippen molar-refractivity contribution in [2.24, 2.45) is 0 Å². The molecule has 1 amide bonds. The molecule has 1 aromatic carbocycles. The van der Waals surface area contributed by atoms with Gasteiger partial charge in [-0.05, 0) is 39.0 Å². The maximum atomic E-state index is 12.9. The summed E-state index contributed by atoms with van der Waals surface area (Å²) in [6.45, 7) is 4.63. The average Bonchev–Trinajstić information content (AvgIpc) is 2.73. The van der Waals surface area contributed by atoms with Gasteiger partial charge in [0, 0.05) is 5.56 Å². The summed E-state index contributed by atoms with van der Waals surface area (Å²) in [5, 5.41) is 2.50. The summed E-state index contributed by atoms with van der Waals surface area (Å²) in [6, 6.07) is 3.56. The third kappa shape index (κ3) is 3.90. The zero-order valence-electron chi connectivity index (χ0n) is 12.8. The lowest BCUT2D eigenvalue weighted by atomic mass is 10.1. The molecule has 0 unspecified atom stereocenters. The predicted molar refractivity (Wildman–Crippen MR) is 83.2 cm³/mol. The van der Waals surface area contributed by atoms with Gasteiger partial charge < -0.3 is 14.5 Å². The normalized spacial score (nSPS) is 10.5. The van der Waals surface area contributed by atoms with E-state index < -0.39 is 24.3 Å². The van der Waals surface area contributed by atoms with Crippen LogP contribution in [0.4, 0.5) is 10.1 Å². The van der Waals surface area contributed by atoms with Gasteiger partial charge in [0.15, 0.2) is 6.61 Å². The summed E-state index contributed by atoms with van der Waals surface area (Å²) in [5.41, 5.74) is 1.23. The zero-order chi connectivity index (χ0) is 17.1. The van der Waals surface area contributed by atoms with E-state index in [0.29, 0.717) is 22.6 Å². The first kappa shape index (κ1) is 17.0. The minimum absolute atomic E-state index is 0.0572. The maximum absolute atomic E-state index is 12.9. The largest absolute Gasteiger partial charge is 0.465 e. The van der Waals surface area contributed by atoms with Crippen molar-refractivity contribution >= 4 is 29.2 Å². The van der Waals surface area contributed by atoms with Crippen molar-refractivity contribution in [3.05, 3.63) is 51.7 Å². The lowest BCUT2D eigenvalue weighted by Gasteiger charge is -2.08. The SMILES string of the molecule is Cc1oc(C)c(C(=O)OCC(=O)Nc2ccc(F)cc2Cl)c1C. The molecule has 0 fully saturated rings. The van der Waals surface area contributed by atoms with E-state index in [4.69, 9.17) is 20.8 Å². The van der Waals surface area contributed by atoms with E-state index in [1.807, 2.05) is 0 Å². The van der Waals surface area contributed by atoms with E-state index in [-0.39, 0.29) is 10.7 Å². The molecule has 0 aliphatic rings. The van der Waals surface area contributed by atoms with Gasteiger partial charge in [-0.3, -0.25) is 4.79 Å². The molecule has 2 aromatic rings. The Morgan fingerprint density at radius 3 is 2.52 bits per heavy atom. The first-order valence-corrected chi connectivity index (χ1v) is 7.16. The quantitative estimate of drug-likeness (QED) is 0.860. The summed E-state index contributed by atoms with van der Waals surface area (Å²) in [5.74, 6) is -0.677. The molecule has 23 heavy (non-hydrogen) atoms. The molecule has 0 aliphatic carbocycles. The zero-order valence-corrected chi connectivity index (χ0v) is 13.6. The fourth-order valence-corrected chi connectivity index (χ4v) is 2.29. The molecule has 7 heteroatoms. The highest BCUT2D eigenvalue weighted by atomic mass is 35.5. The minimum Gasteiger partial charge on any atom is -0.465 e. The number of ether oxygens (including phenoxy) is 1. The Hall–Kier alpha value is -2.34. The summed E-state index contributed by atoms with van der Waals surface area (Å²) < 4.78 is 23.2. The van der Waals surface area contributed by atoms with Crippen LogP contribution in [0.3, 0.4) is 0 Å². The van der Waals surface area contributed by atoms with Crippen LogP contribution in [0.1, 0.15) is 27.4 Å². The number of hydrogen-bond acceptors (Lipinski definition) is 4. The van der Waals surface area contributed by atoms with Crippen molar-refractivity contribution < 1.29 is 23.1 Å². The van der Waals surface area contributed by atoms with Crippen molar-refractivity contribution in [2.45, 2.75) is 20.8 Å². The smallest absolute Gasteiger partial charge is 0.342 e. The number of carbonyl (C=O) groups excluding carboxylic acids is 2. The third-order valence-electron chi connectivity index (χ3n) is 3.31. The molecule has 0 atom stereocenters. The molecule has 0 bridgehead atoms. The monoisotopic (exact) mass is 339 g/mol. The topological polar surface area (TPSA) is 68.5 Å². The second-order valence-electron chi connectivity index (χ2n) is 4.96. The second-order valence-corrected chi connectivity index (χ2v) is 5.37. The van der Waals surface area contributed by atoms with Gasteiger partial charge in [0.1, 0.15) is 22.9 Å². The van der Waals surface area contributed by atoms with Crippen molar-refractivity contribution in [1.82, 2.24) is 0 Å². The number of anilines is 1. The fraction of sp³-hybridized carbons (Fsp3) is 0.250. The number of aryl methyl sites for hydroxylation is 2. The van der Waals surface area contributed by atoms with Crippen molar-refractivity contribution in [2.75, 3.05) is 11.9 Å². The maximum Gasteiger partial charge on any atom is 0.342 e.